The first-order chi connectivity index (χ1) is 27.6. The van der Waals surface area contributed by atoms with Gasteiger partial charge in [0.05, 0.1) is 0 Å². The number of carboxylic acid groups (broad SMARTS) is 1. The van der Waals surface area contributed by atoms with E-state index in [0.717, 1.165) is 16.7 Å². The molecule has 0 aromatic heterocycles. The third-order valence-corrected chi connectivity index (χ3v) is 9.71. The zero-order valence-corrected chi connectivity index (χ0v) is 31.1. The first kappa shape index (κ1) is 39.7. The van der Waals surface area contributed by atoms with E-state index in [4.69, 9.17) is 4.74 Å². The van der Waals surface area contributed by atoms with E-state index in [0.29, 0.717) is 28.9 Å². The van der Waals surface area contributed by atoms with Gasteiger partial charge in [-0.05, 0) is 70.5 Å². The first-order valence-corrected chi connectivity index (χ1v) is 18.7. The molecule has 4 amide bonds. The Balaban J connectivity index is 1.34. The Kier molecular flexibility index (Phi) is 13.3. The number of carboxylic acids is 1. The summed E-state index contributed by atoms with van der Waals surface area (Å²) in [6.07, 6.45) is 0.501. The lowest BCUT2D eigenvalue weighted by Crippen LogP contribution is -2.59. The molecule has 12 heteroatoms. The van der Waals surface area contributed by atoms with Gasteiger partial charge in [-0.3, -0.25) is 19.2 Å². The van der Waals surface area contributed by atoms with Gasteiger partial charge in [-0.25, -0.2) is 4.79 Å². The number of aryl methyl sites for hydroxylation is 1. The number of ether oxygens (including phenoxy) is 1. The maximum absolute atomic E-state index is 14.4. The molecular formula is C45H44N4O8. The van der Waals surface area contributed by atoms with Crippen molar-refractivity contribution in [1.29, 1.82) is 0 Å². The Labute approximate surface area is 330 Å². The molecule has 0 fully saturated rings. The molecule has 2 aliphatic rings. The van der Waals surface area contributed by atoms with Gasteiger partial charge in [0.15, 0.2) is 6.61 Å². The number of rotatable bonds is 9. The molecule has 0 aliphatic carbocycles. The number of aliphatic carboxylic acids is 1. The van der Waals surface area contributed by atoms with E-state index in [1.54, 1.807) is 36.4 Å². The first-order valence-electron chi connectivity index (χ1n) is 18.7. The second kappa shape index (κ2) is 19.1. The number of hydrogen-bond acceptors (Lipinski definition) is 7. The van der Waals surface area contributed by atoms with Crippen molar-refractivity contribution in [2.45, 2.75) is 56.3 Å². The second-order valence-electron chi connectivity index (χ2n) is 13.9. The average molecular weight is 769 g/mol. The molecule has 57 heavy (non-hydrogen) atoms. The summed E-state index contributed by atoms with van der Waals surface area (Å²) in [6.45, 7) is -0.437. The smallest absolute Gasteiger partial charge is 0.326 e. The molecule has 5 aromatic carbocycles. The summed E-state index contributed by atoms with van der Waals surface area (Å²) >= 11 is 0. The molecule has 4 atom stereocenters. The number of nitrogens with one attached hydrogen (secondary N) is 4. The van der Waals surface area contributed by atoms with Crippen LogP contribution in [0.1, 0.15) is 28.7 Å². The lowest BCUT2D eigenvalue weighted by atomic mass is 9.98. The lowest BCUT2D eigenvalue weighted by molar-refractivity contribution is -0.142. The predicted octanol–water partition coefficient (Wildman–Crippen LogP) is 4.14. The summed E-state index contributed by atoms with van der Waals surface area (Å²) in [5, 5.41) is 31.0. The molecule has 6 N–H and O–H groups in total. The molecular weight excluding hydrogens is 725 g/mol. The average Bonchev–Trinajstić information content (AvgIpc) is 3.22. The monoisotopic (exact) mass is 768 g/mol. The van der Waals surface area contributed by atoms with E-state index >= 15 is 0 Å². The quantitative estimate of drug-likeness (QED) is 0.121. The van der Waals surface area contributed by atoms with Crippen LogP contribution in [0.5, 0.6) is 11.5 Å². The Morgan fingerprint density at radius 2 is 1.11 bits per heavy atom. The number of carbonyl (C=O) groups excluding carboxylic acids is 4. The predicted molar refractivity (Wildman–Crippen MR) is 213 cm³/mol. The maximum atomic E-state index is 14.4. The van der Waals surface area contributed by atoms with Crippen LogP contribution in [0.4, 0.5) is 0 Å². The number of hydrogen-bond donors (Lipinski definition) is 6. The number of phenols is 1. The number of phenolic OH excluding ortho intramolecular Hbond substituents is 1. The number of aromatic hydroxyl groups is 1. The highest BCUT2D eigenvalue weighted by atomic mass is 16.5. The summed E-state index contributed by atoms with van der Waals surface area (Å²) in [5.74, 6) is -3.55. The second-order valence-corrected chi connectivity index (χ2v) is 13.9. The van der Waals surface area contributed by atoms with E-state index in [9.17, 15) is 34.2 Å². The van der Waals surface area contributed by atoms with Crippen molar-refractivity contribution >= 4 is 29.6 Å². The van der Waals surface area contributed by atoms with E-state index in [-0.39, 0.29) is 31.4 Å². The van der Waals surface area contributed by atoms with Crippen LogP contribution < -0.4 is 26.0 Å². The maximum Gasteiger partial charge on any atom is 0.326 e. The highest BCUT2D eigenvalue weighted by Crippen LogP contribution is 2.21. The summed E-state index contributed by atoms with van der Waals surface area (Å²) in [5.41, 5.74) is 4.79. The van der Waals surface area contributed by atoms with Crippen LogP contribution in [0.15, 0.2) is 133 Å². The SMILES string of the molecule is O=C1COc2ccc(cc2)C[C@@H](C(=O)O)NC(=O)[C@H](CCc2ccccc2)NC(=O)[C@@H](Cc2ccc(-c3ccccc3)cc2)NC(=O)[C@H](Cc2ccc(O)cc2)N1. The zero-order chi connectivity index (χ0) is 40.1. The molecule has 292 valence electrons. The molecule has 0 radical (unpaired) electrons. The molecule has 7 rings (SSSR count). The molecule has 0 saturated heterocycles. The Morgan fingerprint density at radius 1 is 0.579 bits per heavy atom. The summed E-state index contributed by atoms with van der Waals surface area (Å²) in [7, 11) is 0. The Hall–Kier alpha value is -6.95. The van der Waals surface area contributed by atoms with E-state index in [1.165, 1.54) is 12.1 Å². The fourth-order valence-corrected chi connectivity index (χ4v) is 6.57. The van der Waals surface area contributed by atoms with Gasteiger partial charge in [-0.1, -0.05) is 109 Å². The molecule has 2 aliphatic heterocycles. The van der Waals surface area contributed by atoms with Gasteiger partial charge >= 0.3 is 5.97 Å². The van der Waals surface area contributed by atoms with Crippen LogP contribution in [-0.4, -0.2) is 70.6 Å². The van der Waals surface area contributed by atoms with Crippen molar-refractivity contribution in [3.63, 3.8) is 0 Å². The van der Waals surface area contributed by atoms with Gasteiger partial charge in [-0.15, -0.1) is 0 Å². The summed E-state index contributed by atoms with van der Waals surface area (Å²) in [4.78, 5) is 68.2. The minimum atomic E-state index is -1.33. The van der Waals surface area contributed by atoms with Crippen molar-refractivity contribution in [1.82, 2.24) is 21.3 Å². The molecule has 0 saturated carbocycles. The van der Waals surface area contributed by atoms with Crippen LogP contribution in [0.25, 0.3) is 11.1 Å². The zero-order valence-electron chi connectivity index (χ0n) is 31.1. The Bertz CT molecular complexity index is 2140. The molecule has 5 aromatic rings. The third-order valence-electron chi connectivity index (χ3n) is 9.71. The highest BCUT2D eigenvalue weighted by molar-refractivity contribution is 5.95. The molecule has 0 spiro atoms. The minimum Gasteiger partial charge on any atom is -0.508 e. The topological polar surface area (TPSA) is 183 Å². The largest absolute Gasteiger partial charge is 0.508 e. The van der Waals surface area contributed by atoms with Gasteiger partial charge in [0.2, 0.25) is 17.7 Å². The van der Waals surface area contributed by atoms with Gasteiger partial charge in [-0.2, -0.15) is 0 Å². The number of fused-ring (bicyclic) bond motifs is 16. The van der Waals surface area contributed by atoms with Gasteiger partial charge < -0.3 is 36.2 Å². The number of amides is 4. The summed E-state index contributed by atoms with van der Waals surface area (Å²) < 4.78 is 5.69. The fourth-order valence-electron chi connectivity index (χ4n) is 6.57. The standard InChI is InChI=1S/C45H44N4O8/c50-35-20-13-31(14-21-35)25-38-43(53)48-39(26-30-11-18-34(19-12-30)33-9-5-2-6-10-33)44(54)47-37(24-17-29-7-3-1-4-8-29)42(52)49-40(45(55)56)27-32-15-22-36(23-16-32)57-28-41(51)46-38/h1-16,18-23,37-40,50H,17,24-28H2,(H,46,51)(H,47,54)(H,48,53)(H,49,52)(H,55,56)/t37-,38-,39+,40-/m0/s1. The van der Waals surface area contributed by atoms with E-state index < -0.39 is 60.4 Å². The molecule has 2 heterocycles. The summed E-state index contributed by atoms with van der Waals surface area (Å²) in [6, 6.07) is 34.4. The van der Waals surface area contributed by atoms with E-state index in [1.807, 2.05) is 84.9 Å². The van der Waals surface area contributed by atoms with Crippen molar-refractivity contribution < 1.29 is 38.9 Å². The van der Waals surface area contributed by atoms with Gasteiger partial charge in [0.25, 0.3) is 5.91 Å². The van der Waals surface area contributed by atoms with Crippen LogP contribution in [0.3, 0.4) is 0 Å². The van der Waals surface area contributed by atoms with Crippen LogP contribution >= 0.6 is 0 Å². The number of benzene rings is 5. The number of carbonyl (C=O) groups is 5. The van der Waals surface area contributed by atoms with Crippen LogP contribution in [0, 0.1) is 0 Å². The van der Waals surface area contributed by atoms with Crippen molar-refractivity contribution in [2.24, 2.45) is 0 Å². The lowest BCUT2D eigenvalue weighted by Gasteiger charge is -2.26. The van der Waals surface area contributed by atoms with Crippen molar-refractivity contribution in [2.75, 3.05) is 6.61 Å². The van der Waals surface area contributed by atoms with E-state index in [2.05, 4.69) is 21.3 Å². The van der Waals surface area contributed by atoms with Crippen LogP contribution in [-0.2, 0) is 49.7 Å². The van der Waals surface area contributed by atoms with Gasteiger partial charge in [0, 0.05) is 19.3 Å². The Morgan fingerprint density at radius 3 is 1.72 bits per heavy atom. The normalized spacial score (nSPS) is 19.4. The molecule has 2 bridgehead atoms. The molecule has 0 unspecified atom stereocenters. The minimum absolute atomic E-state index is 0.0192. The molecule has 12 nitrogen and oxygen atoms in total. The fraction of sp³-hybridized carbons (Fsp3) is 0.222. The van der Waals surface area contributed by atoms with Gasteiger partial charge in [0.1, 0.15) is 35.7 Å². The third kappa shape index (κ3) is 11.5. The van der Waals surface area contributed by atoms with Crippen molar-refractivity contribution in [3.05, 3.63) is 156 Å². The van der Waals surface area contributed by atoms with Crippen molar-refractivity contribution in [3.8, 4) is 22.6 Å². The highest BCUT2D eigenvalue weighted by Gasteiger charge is 2.32. The van der Waals surface area contributed by atoms with Crippen LogP contribution in [0.2, 0.25) is 0 Å².